The van der Waals surface area contributed by atoms with Crippen molar-refractivity contribution in [3.05, 3.63) is 42.2 Å². The molecular weight excluding hydrogens is 911 g/mol. The highest BCUT2D eigenvalue weighted by Gasteiger charge is 2.22. The Labute approximate surface area is 461 Å². The lowest BCUT2D eigenvalue weighted by Crippen LogP contribution is -2.45. The van der Waals surface area contributed by atoms with Crippen LogP contribution in [0.5, 0.6) is 0 Å². The minimum absolute atomic E-state index is 0.0301. The number of aliphatic hydroxyl groups excluding tert-OH is 2. The Morgan fingerprint density at radius 2 is 0.811 bits per heavy atom. The van der Waals surface area contributed by atoms with Gasteiger partial charge in [0, 0.05) is 12.8 Å². The number of amides is 1. The van der Waals surface area contributed by atoms with Crippen LogP contribution in [0.1, 0.15) is 342 Å². The molecule has 3 N–H and O–H groups in total. The number of ether oxygens (including phenoxy) is 1. The molecule has 0 aliphatic heterocycles. The SMILES string of the molecule is CCCCCC=CCC=CCCCCCCCC(=O)OCCCC(CCCCCCCC)C(CCCCCCCCCCCCCC)CCCCC(=O)NC(CO)C(O)C=C=CCCCCCCCCCCCC. The van der Waals surface area contributed by atoms with Crippen LogP contribution < -0.4 is 5.32 Å². The number of carbonyl (C=O) groups is 2. The summed E-state index contributed by atoms with van der Waals surface area (Å²) in [5, 5.41) is 23.8. The summed E-state index contributed by atoms with van der Waals surface area (Å²) >= 11 is 0. The van der Waals surface area contributed by atoms with Crippen molar-refractivity contribution in [2.45, 2.75) is 354 Å². The third kappa shape index (κ3) is 51.9. The highest BCUT2D eigenvalue weighted by Crippen LogP contribution is 2.33. The van der Waals surface area contributed by atoms with Crippen LogP contribution in [0.3, 0.4) is 0 Å². The van der Waals surface area contributed by atoms with E-state index in [2.05, 4.69) is 63.0 Å². The van der Waals surface area contributed by atoms with E-state index in [1.165, 1.54) is 231 Å². The Bertz CT molecular complexity index is 1290. The predicted octanol–water partition coefficient (Wildman–Crippen LogP) is 20.6. The highest BCUT2D eigenvalue weighted by atomic mass is 16.5. The van der Waals surface area contributed by atoms with Gasteiger partial charge in [-0.25, -0.2) is 0 Å². The molecule has 0 fully saturated rings. The largest absolute Gasteiger partial charge is 0.466 e. The molecule has 0 aromatic heterocycles. The van der Waals surface area contributed by atoms with E-state index in [-0.39, 0.29) is 18.5 Å². The molecule has 0 aromatic rings. The Morgan fingerprint density at radius 3 is 1.28 bits per heavy atom. The molecule has 6 nitrogen and oxygen atoms in total. The van der Waals surface area contributed by atoms with Crippen LogP contribution in [0.15, 0.2) is 42.2 Å². The van der Waals surface area contributed by atoms with E-state index in [1.807, 2.05) is 6.08 Å². The maximum Gasteiger partial charge on any atom is 0.305 e. The first kappa shape index (κ1) is 71.9. The molecule has 1 amide bonds. The van der Waals surface area contributed by atoms with Crippen LogP contribution in [0.2, 0.25) is 0 Å². The fourth-order valence-electron chi connectivity index (χ4n) is 10.7. The second-order valence-electron chi connectivity index (χ2n) is 22.7. The molecule has 0 aliphatic rings. The fourth-order valence-corrected chi connectivity index (χ4v) is 10.7. The summed E-state index contributed by atoms with van der Waals surface area (Å²) < 4.78 is 5.84. The number of unbranched alkanes of at least 4 members (excludes halogenated alkanes) is 35. The van der Waals surface area contributed by atoms with Gasteiger partial charge in [0.15, 0.2) is 0 Å². The first-order chi connectivity index (χ1) is 36.4. The molecule has 434 valence electrons. The molecule has 0 saturated heterocycles. The third-order valence-corrected chi connectivity index (χ3v) is 15.6. The van der Waals surface area contributed by atoms with Crippen molar-refractivity contribution < 1.29 is 24.5 Å². The van der Waals surface area contributed by atoms with Gasteiger partial charge in [0.2, 0.25) is 5.91 Å². The molecule has 0 heterocycles. The number of esters is 1. The summed E-state index contributed by atoms with van der Waals surface area (Å²) in [5.74, 6) is 1.10. The summed E-state index contributed by atoms with van der Waals surface area (Å²) in [6, 6.07) is -0.727. The minimum Gasteiger partial charge on any atom is -0.466 e. The van der Waals surface area contributed by atoms with Crippen LogP contribution in [0, 0.1) is 11.8 Å². The monoisotopic (exact) mass is 1040 g/mol. The first-order valence-corrected chi connectivity index (χ1v) is 32.9. The quantitative estimate of drug-likeness (QED) is 0.0244. The number of carbonyl (C=O) groups excluding carboxylic acids is 2. The van der Waals surface area contributed by atoms with Gasteiger partial charge in [0.25, 0.3) is 0 Å². The van der Waals surface area contributed by atoms with Gasteiger partial charge >= 0.3 is 5.97 Å². The van der Waals surface area contributed by atoms with Crippen molar-refractivity contribution in [1.29, 1.82) is 0 Å². The average Bonchev–Trinajstić information content (AvgIpc) is 3.40. The van der Waals surface area contributed by atoms with Crippen LogP contribution >= 0.6 is 0 Å². The third-order valence-electron chi connectivity index (χ3n) is 15.6. The summed E-state index contributed by atoms with van der Waals surface area (Å²) in [7, 11) is 0. The van der Waals surface area contributed by atoms with Crippen molar-refractivity contribution in [1.82, 2.24) is 5.32 Å². The zero-order valence-electron chi connectivity index (χ0n) is 50.0. The van der Waals surface area contributed by atoms with Gasteiger partial charge < -0.3 is 20.3 Å². The molecule has 0 aliphatic carbocycles. The molecule has 0 rings (SSSR count). The van der Waals surface area contributed by atoms with Gasteiger partial charge in [-0.3, -0.25) is 9.59 Å². The minimum atomic E-state index is -0.972. The lowest BCUT2D eigenvalue weighted by atomic mass is 9.78. The van der Waals surface area contributed by atoms with E-state index in [0.717, 1.165) is 70.6 Å². The lowest BCUT2D eigenvalue weighted by Gasteiger charge is -2.28. The van der Waals surface area contributed by atoms with E-state index >= 15 is 0 Å². The van der Waals surface area contributed by atoms with Crippen LogP contribution in [-0.4, -0.2) is 47.4 Å². The zero-order chi connectivity index (χ0) is 53.9. The van der Waals surface area contributed by atoms with E-state index in [4.69, 9.17) is 4.74 Å². The van der Waals surface area contributed by atoms with Crippen molar-refractivity contribution in [2.75, 3.05) is 13.2 Å². The van der Waals surface area contributed by atoms with E-state index in [1.54, 1.807) is 6.08 Å². The number of allylic oxidation sites excluding steroid dienone is 4. The number of hydrogen-bond acceptors (Lipinski definition) is 5. The van der Waals surface area contributed by atoms with Crippen LogP contribution in [0.25, 0.3) is 0 Å². The molecule has 0 spiro atoms. The van der Waals surface area contributed by atoms with Crippen molar-refractivity contribution in [3.8, 4) is 0 Å². The lowest BCUT2D eigenvalue weighted by molar-refractivity contribution is -0.144. The summed E-state index contributed by atoms with van der Waals surface area (Å²) in [6.45, 7) is 9.32. The number of aliphatic hydroxyl groups is 2. The second kappa shape index (κ2) is 60.1. The smallest absolute Gasteiger partial charge is 0.305 e. The molecule has 74 heavy (non-hydrogen) atoms. The van der Waals surface area contributed by atoms with Crippen molar-refractivity contribution in [2.24, 2.45) is 11.8 Å². The van der Waals surface area contributed by atoms with Gasteiger partial charge in [-0.05, 0) is 94.6 Å². The number of rotatable bonds is 59. The standard InChI is InChI=1S/C68H127NO5/c1-5-9-13-17-21-24-27-30-31-33-36-39-42-46-50-60-68(73)74-61-53-57-64(55-47-43-20-16-12-8-4)63(54-48-44-40-37-34-29-26-23-19-15-11-7-3)56-51-52-59-67(72)69-65(62-70)66(71)58-49-45-41-38-35-32-28-25-22-18-14-10-6-2/h21,24,30-31,45,58,63-66,70-71H,5-20,22-23,25-29,32-44,46-48,50-57,59-62H2,1-4H3,(H,69,72). The zero-order valence-corrected chi connectivity index (χ0v) is 50.0. The van der Waals surface area contributed by atoms with Crippen molar-refractivity contribution >= 4 is 11.9 Å². The average molecular weight is 1040 g/mol. The molecular formula is C68H127NO5. The molecule has 0 saturated carbocycles. The first-order valence-electron chi connectivity index (χ1n) is 32.9. The Kier molecular flexibility index (Phi) is 58.4. The predicted molar refractivity (Wildman–Crippen MR) is 323 cm³/mol. The van der Waals surface area contributed by atoms with Gasteiger partial charge in [-0.1, -0.05) is 283 Å². The van der Waals surface area contributed by atoms with E-state index in [0.29, 0.717) is 31.3 Å². The van der Waals surface area contributed by atoms with Gasteiger partial charge in [-0.2, -0.15) is 0 Å². The van der Waals surface area contributed by atoms with E-state index in [9.17, 15) is 19.8 Å². The number of nitrogens with one attached hydrogen (secondary N) is 1. The molecule has 4 unspecified atom stereocenters. The van der Waals surface area contributed by atoms with Gasteiger partial charge in [0.05, 0.1) is 19.3 Å². The molecule has 0 aromatic carbocycles. The molecule has 0 bridgehead atoms. The second-order valence-corrected chi connectivity index (χ2v) is 22.7. The van der Waals surface area contributed by atoms with Crippen molar-refractivity contribution in [3.63, 3.8) is 0 Å². The van der Waals surface area contributed by atoms with Gasteiger partial charge in [-0.15, -0.1) is 5.73 Å². The maximum atomic E-state index is 13.1. The van der Waals surface area contributed by atoms with Crippen LogP contribution in [-0.2, 0) is 14.3 Å². The number of hydrogen-bond donors (Lipinski definition) is 3. The van der Waals surface area contributed by atoms with E-state index < -0.39 is 12.1 Å². The summed E-state index contributed by atoms with van der Waals surface area (Å²) in [6.07, 6.45) is 71.3. The topological polar surface area (TPSA) is 95.9 Å². The highest BCUT2D eigenvalue weighted by molar-refractivity contribution is 5.76. The molecule has 0 radical (unpaired) electrons. The Hall–Kier alpha value is -2.14. The maximum absolute atomic E-state index is 13.1. The normalized spacial score (nSPS) is 13.3. The van der Waals surface area contributed by atoms with Crippen LogP contribution in [0.4, 0.5) is 0 Å². The molecule has 6 heteroatoms. The van der Waals surface area contributed by atoms with Gasteiger partial charge in [0.1, 0.15) is 6.10 Å². The molecule has 4 atom stereocenters. The fraction of sp³-hybridized carbons (Fsp3) is 0.868. The Balaban J connectivity index is 5.13. The summed E-state index contributed by atoms with van der Waals surface area (Å²) in [5.41, 5.74) is 3.11. The Morgan fingerprint density at radius 1 is 0.446 bits per heavy atom. The summed E-state index contributed by atoms with van der Waals surface area (Å²) in [4.78, 5) is 25.9.